The molecule has 6 nitrogen and oxygen atoms in total. The molecule has 4 aromatic rings. The normalized spacial score (nSPS) is 11.7. The van der Waals surface area contributed by atoms with E-state index in [1.165, 1.54) is 22.9 Å². The molecule has 0 aliphatic heterocycles. The van der Waals surface area contributed by atoms with Crippen LogP contribution in [0.25, 0.3) is 21.9 Å². The van der Waals surface area contributed by atoms with Crippen molar-refractivity contribution in [3.8, 4) is 16.9 Å². The number of halogens is 3. The molecule has 2 aromatic heterocycles. The lowest BCUT2D eigenvalue weighted by atomic mass is 10.1. The molecule has 0 fully saturated rings. The van der Waals surface area contributed by atoms with Gasteiger partial charge in [0.15, 0.2) is 0 Å². The van der Waals surface area contributed by atoms with E-state index in [-0.39, 0.29) is 17.9 Å². The summed E-state index contributed by atoms with van der Waals surface area (Å²) in [4.78, 5) is 12.8. The first-order valence-corrected chi connectivity index (χ1v) is 8.23. The summed E-state index contributed by atoms with van der Waals surface area (Å²) in [6, 6.07) is 10.8. The minimum Gasteiger partial charge on any atom is -0.406 e. The number of hydrogen-bond donors (Lipinski definition) is 1. The highest BCUT2D eigenvalue weighted by Crippen LogP contribution is 2.24. The Bertz CT molecular complexity index is 1180. The zero-order valence-corrected chi connectivity index (χ0v) is 14.3. The molecular formula is C19H13F3N4O2. The molecule has 2 heterocycles. The summed E-state index contributed by atoms with van der Waals surface area (Å²) in [7, 11) is 0. The van der Waals surface area contributed by atoms with Crippen molar-refractivity contribution in [3.63, 3.8) is 0 Å². The molecule has 9 heteroatoms. The summed E-state index contributed by atoms with van der Waals surface area (Å²) in [6.45, 7) is 0.0137. The Labute approximate surface area is 156 Å². The van der Waals surface area contributed by atoms with Crippen molar-refractivity contribution >= 4 is 10.8 Å². The maximum Gasteiger partial charge on any atom is 0.573 e. The number of alkyl halides is 3. The predicted molar refractivity (Wildman–Crippen MR) is 95.8 cm³/mol. The van der Waals surface area contributed by atoms with Crippen LogP contribution in [-0.4, -0.2) is 26.3 Å². The van der Waals surface area contributed by atoms with E-state index < -0.39 is 6.36 Å². The summed E-state index contributed by atoms with van der Waals surface area (Å²) < 4.78 is 42.3. The van der Waals surface area contributed by atoms with Gasteiger partial charge in [-0.3, -0.25) is 9.89 Å². The number of rotatable bonds is 4. The highest BCUT2D eigenvalue weighted by molar-refractivity contribution is 5.85. The lowest BCUT2D eigenvalue weighted by molar-refractivity contribution is -0.274. The fourth-order valence-electron chi connectivity index (χ4n) is 2.89. The van der Waals surface area contributed by atoms with Gasteiger partial charge in [-0.25, -0.2) is 4.68 Å². The van der Waals surface area contributed by atoms with Gasteiger partial charge in [0.05, 0.1) is 24.3 Å². The van der Waals surface area contributed by atoms with Crippen LogP contribution in [-0.2, 0) is 6.54 Å². The number of H-pyrrole nitrogens is 1. The Morgan fingerprint density at radius 1 is 1.07 bits per heavy atom. The van der Waals surface area contributed by atoms with E-state index in [0.717, 1.165) is 11.1 Å². The largest absolute Gasteiger partial charge is 0.573 e. The van der Waals surface area contributed by atoms with E-state index in [1.807, 2.05) is 6.07 Å². The number of ether oxygens (including phenoxy) is 1. The Morgan fingerprint density at radius 3 is 2.68 bits per heavy atom. The lowest BCUT2D eigenvalue weighted by Gasteiger charge is -2.11. The fourth-order valence-corrected chi connectivity index (χ4v) is 2.89. The smallest absolute Gasteiger partial charge is 0.406 e. The molecule has 0 radical (unpaired) electrons. The highest BCUT2D eigenvalue weighted by atomic mass is 19.4. The summed E-state index contributed by atoms with van der Waals surface area (Å²) in [5.74, 6) is -0.346. The quantitative estimate of drug-likeness (QED) is 0.580. The molecule has 0 saturated heterocycles. The number of nitrogens with one attached hydrogen (secondary N) is 1. The molecular weight excluding hydrogens is 373 g/mol. The average molecular weight is 386 g/mol. The number of hydrogen-bond acceptors (Lipinski definition) is 4. The minimum absolute atomic E-state index is 0.0137. The maximum atomic E-state index is 12.8. The lowest BCUT2D eigenvalue weighted by Crippen LogP contribution is -2.23. The van der Waals surface area contributed by atoms with Crippen LogP contribution in [0.1, 0.15) is 5.56 Å². The van der Waals surface area contributed by atoms with Gasteiger partial charge in [0.25, 0.3) is 5.56 Å². The molecule has 2 aromatic carbocycles. The van der Waals surface area contributed by atoms with Gasteiger partial charge in [-0.2, -0.15) is 10.2 Å². The third-order valence-electron chi connectivity index (χ3n) is 4.15. The number of benzene rings is 2. The van der Waals surface area contributed by atoms with E-state index in [0.29, 0.717) is 16.3 Å². The Morgan fingerprint density at radius 2 is 1.93 bits per heavy atom. The molecule has 0 amide bonds. The second-order valence-electron chi connectivity index (χ2n) is 6.09. The Hall–Kier alpha value is -3.62. The predicted octanol–water partition coefficient (Wildman–Crippen LogP) is 3.73. The molecule has 28 heavy (non-hydrogen) atoms. The third-order valence-corrected chi connectivity index (χ3v) is 4.15. The van der Waals surface area contributed by atoms with Gasteiger partial charge < -0.3 is 4.74 Å². The van der Waals surface area contributed by atoms with E-state index in [4.69, 9.17) is 0 Å². The van der Waals surface area contributed by atoms with Crippen LogP contribution in [0.15, 0.2) is 65.8 Å². The summed E-state index contributed by atoms with van der Waals surface area (Å²) in [5.41, 5.74) is 1.77. The molecule has 0 aliphatic rings. The summed E-state index contributed by atoms with van der Waals surface area (Å²) >= 11 is 0. The SMILES string of the molecule is O=c1c2cc(-c3cn[nH]c3)ccc2cnn1Cc1cccc(OC(F)(F)F)c1. The molecule has 1 N–H and O–H groups in total. The molecule has 0 unspecified atom stereocenters. The van der Waals surface area contributed by atoms with Crippen molar-refractivity contribution in [2.45, 2.75) is 12.9 Å². The third kappa shape index (κ3) is 3.73. The highest BCUT2D eigenvalue weighted by Gasteiger charge is 2.31. The fraction of sp³-hybridized carbons (Fsp3) is 0.105. The monoisotopic (exact) mass is 386 g/mol. The Balaban J connectivity index is 1.69. The van der Waals surface area contributed by atoms with Crippen molar-refractivity contribution < 1.29 is 17.9 Å². The molecule has 0 aliphatic carbocycles. The van der Waals surface area contributed by atoms with Crippen LogP contribution >= 0.6 is 0 Å². The first kappa shape index (κ1) is 17.8. The van der Waals surface area contributed by atoms with E-state index in [9.17, 15) is 18.0 Å². The van der Waals surface area contributed by atoms with Crippen LogP contribution in [0.3, 0.4) is 0 Å². The second-order valence-corrected chi connectivity index (χ2v) is 6.09. The molecule has 4 rings (SSSR count). The van der Waals surface area contributed by atoms with Gasteiger partial charge in [0.2, 0.25) is 0 Å². The first-order valence-electron chi connectivity index (χ1n) is 8.23. The summed E-state index contributed by atoms with van der Waals surface area (Å²) in [6.07, 6.45) is 0.131. The van der Waals surface area contributed by atoms with Crippen molar-refractivity contribution in [2.24, 2.45) is 0 Å². The number of aromatic nitrogens is 4. The van der Waals surface area contributed by atoms with E-state index in [1.54, 1.807) is 36.8 Å². The maximum absolute atomic E-state index is 12.8. The molecule has 142 valence electrons. The number of nitrogens with zero attached hydrogens (tertiary/aromatic N) is 3. The average Bonchev–Trinajstić information content (AvgIpc) is 3.17. The van der Waals surface area contributed by atoms with Crippen LogP contribution in [0.5, 0.6) is 5.75 Å². The molecule has 0 bridgehead atoms. The topological polar surface area (TPSA) is 72.8 Å². The molecule has 0 atom stereocenters. The van der Waals surface area contributed by atoms with Gasteiger partial charge in [-0.1, -0.05) is 24.3 Å². The minimum atomic E-state index is -4.78. The van der Waals surface area contributed by atoms with E-state index in [2.05, 4.69) is 20.0 Å². The molecule has 0 spiro atoms. The van der Waals surface area contributed by atoms with Gasteiger partial charge in [-0.15, -0.1) is 13.2 Å². The zero-order valence-electron chi connectivity index (χ0n) is 14.3. The van der Waals surface area contributed by atoms with Crippen LogP contribution in [0, 0.1) is 0 Å². The standard InChI is InChI=1S/C19H13F3N4O2/c20-19(21,22)28-16-3-1-2-12(6-16)11-26-18(27)17-7-13(15-8-23-24-9-15)4-5-14(17)10-25-26/h1-10H,11H2,(H,23,24). The zero-order chi connectivity index (χ0) is 19.7. The van der Waals surface area contributed by atoms with E-state index >= 15 is 0 Å². The van der Waals surface area contributed by atoms with Crippen molar-refractivity contribution in [3.05, 3.63) is 77.0 Å². The van der Waals surface area contributed by atoms with Gasteiger partial charge in [0, 0.05) is 17.1 Å². The van der Waals surface area contributed by atoms with Crippen LogP contribution in [0.2, 0.25) is 0 Å². The Kier molecular flexibility index (Phi) is 4.34. The van der Waals surface area contributed by atoms with Crippen LogP contribution < -0.4 is 10.3 Å². The number of aromatic amines is 1. The van der Waals surface area contributed by atoms with Crippen molar-refractivity contribution in [2.75, 3.05) is 0 Å². The van der Waals surface area contributed by atoms with Gasteiger partial charge >= 0.3 is 6.36 Å². The van der Waals surface area contributed by atoms with Crippen molar-refractivity contribution in [1.29, 1.82) is 0 Å². The van der Waals surface area contributed by atoms with Crippen LogP contribution in [0.4, 0.5) is 13.2 Å². The van der Waals surface area contributed by atoms with Gasteiger partial charge in [0.1, 0.15) is 5.75 Å². The summed E-state index contributed by atoms with van der Waals surface area (Å²) in [5, 5.41) is 11.9. The first-order chi connectivity index (χ1) is 13.4. The number of fused-ring (bicyclic) bond motifs is 1. The van der Waals surface area contributed by atoms with Crippen molar-refractivity contribution in [1.82, 2.24) is 20.0 Å². The second kappa shape index (κ2) is 6.84. The molecule has 0 saturated carbocycles. The van der Waals surface area contributed by atoms with Gasteiger partial charge in [-0.05, 0) is 29.3 Å².